The van der Waals surface area contributed by atoms with Crippen LogP contribution in [0.5, 0.6) is 0 Å². The molecule has 0 aliphatic heterocycles. The highest BCUT2D eigenvalue weighted by Gasteiger charge is 2.18. The molecule has 2 N–H and O–H groups in total. The standard InChI is InChI=1S/C17H21F2N3O2/c1-10-12(11(2)22(3)21-10)7-8-16(24)20-9-15(23)17-13(18)5-4-6-14(17)19/h4-6,15,23H,7-9H2,1-3H3,(H,20,24). The van der Waals surface area contributed by atoms with Gasteiger partial charge in [0.05, 0.1) is 11.3 Å². The smallest absolute Gasteiger partial charge is 0.220 e. The molecule has 7 heteroatoms. The maximum absolute atomic E-state index is 13.6. The highest BCUT2D eigenvalue weighted by Crippen LogP contribution is 2.20. The molecule has 1 heterocycles. The Balaban J connectivity index is 1.89. The molecule has 0 radical (unpaired) electrons. The van der Waals surface area contributed by atoms with Gasteiger partial charge in [0.15, 0.2) is 0 Å². The summed E-state index contributed by atoms with van der Waals surface area (Å²) in [7, 11) is 1.84. The maximum atomic E-state index is 13.6. The third-order valence-electron chi connectivity index (χ3n) is 4.09. The van der Waals surface area contributed by atoms with Crippen LogP contribution in [0.15, 0.2) is 18.2 Å². The summed E-state index contributed by atoms with van der Waals surface area (Å²) in [6.45, 7) is 3.56. The molecule has 2 rings (SSSR count). The number of aliphatic hydroxyl groups excluding tert-OH is 1. The second-order valence-corrected chi connectivity index (χ2v) is 5.73. The van der Waals surface area contributed by atoms with Gasteiger partial charge in [0, 0.05) is 25.7 Å². The van der Waals surface area contributed by atoms with Crippen molar-refractivity contribution in [3.8, 4) is 0 Å². The highest BCUT2D eigenvalue weighted by molar-refractivity contribution is 5.76. The topological polar surface area (TPSA) is 67.2 Å². The summed E-state index contributed by atoms with van der Waals surface area (Å²) in [6, 6.07) is 3.35. The number of hydrogen-bond acceptors (Lipinski definition) is 3. The van der Waals surface area contributed by atoms with E-state index >= 15 is 0 Å². The first-order valence-electron chi connectivity index (χ1n) is 7.69. The van der Waals surface area contributed by atoms with E-state index in [1.165, 1.54) is 6.07 Å². The van der Waals surface area contributed by atoms with E-state index in [2.05, 4.69) is 10.4 Å². The summed E-state index contributed by atoms with van der Waals surface area (Å²) in [5, 5.41) is 16.7. The summed E-state index contributed by atoms with van der Waals surface area (Å²) in [4.78, 5) is 11.9. The van der Waals surface area contributed by atoms with Crippen LogP contribution in [0, 0.1) is 25.5 Å². The van der Waals surface area contributed by atoms with Crippen LogP contribution in [0.4, 0.5) is 8.78 Å². The average Bonchev–Trinajstić information content (AvgIpc) is 2.76. The number of halogens is 2. The normalized spacial score (nSPS) is 12.2. The molecule has 1 unspecified atom stereocenters. The number of hydrogen-bond donors (Lipinski definition) is 2. The minimum Gasteiger partial charge on any atom is -0.386 e. The first-order chi connectivity index (χ1) is 11.3. The summed E-state index contributed by atoms with van der Waals surface area (Å²) in [5.41, 5.74) is 2.44. The molecule has 1 aromatic carbocycles. The van der Waals surface area contributed by atoms with Crippen molar-refractivity contribution in [2.45, 2.75) is 32.8 Å². The summed E-state index contributed by atoms with van der Waals surface area (Å²) in [6.07, 6.45) is -0.710. The van der Waals surface area contributed by atoms with Gasteiger partial charge in [-0.1, -0.05) is 6.07 Å². The fourth-order valence-electron chi connectivity index (χ4n) is 2.65. The van der Waals surface area contributed by atoms with Gasteiger partial charge in [-0.15, -0.1) is 0 Å². The number of aliphatic hydroxyl groups is 1. The second-order valence-electron chi connectivity index (χ2n) is 5.73. The lowest BCUT2D eigenvalue weighted by molar-refractivity contribution is -0.121. The van der Waals surface area contributed by atoms with Crippen LogP contribution in [-0.2, 0) is 18.3 Å². The van der Waals surface area contributed by atoms with E-state index in [4.69, 9.17) is 0 Å². The van der Waals surface area contributed by atoms with Gasteiger partial charge in [-0.3, -0.25) is 9.48 Å². The Morgan fingerprint density at radius 2 is 1.96 bits per heavy atom. The van der Waals surface area contributed by atoms with E-state index in [1.807, 2.05) is 20.9 Å². The summed E-state index contributed by atoms with van der Waals surface area (Å²) >= 11 is 0. The Bertz CT molecular complexity index is 723. The van der Waals surface area contributed by atoms with Crippen molar-refractivity contribution in [2.75, 3.05) is 6.54 Å². The number of carbonyl (C=O) groups is 1. The second kappa shape index (κ2) is 7.53. The summed E-state index contributed by atoms with van der Waals surface area (Å²) < 4.78 is 28.9. The van der Waals surface area contributed by atoms with E-state index in [1.54, 1.807) is 4.68 Å². The Kier molecular flexibility index (Phi) is 5.66. The van der Waals surface area contributed by atoms with Gasteiger partial charge in [0.1, 0.15) is 17.7 Å². The van der Waals surface area contributed by atoms with Gasteiger partial charge < -0.3 is 10.4 Å². The predicted molar refractivity (Wildman–Crippen MR) is 85.3 cm³/mol. The van der Waals surface area contributed by atoms with Gasteiger partial charge >= 0.3 is 0 Å². The molecular formula is C17H21F2N3O2. The predicted octanol–water partition coefficient (Wildman–Crippen LogP) is 2.10. The van der Waals surface area contributed by atoms with Crippen LogP contribution in [0.2, 0.25) is 0 Å². The van der Waals surface area contributed by atoms with Crippen molar-refractivity contribution in [2.24, 2.45) is 7.05 Å². The van der Waals surface area contributed by atoms with Gasteiger partial charge in [0.2, 0.25) is 5.91 Å². The first kappa shape index (κ1) is 18.1. The molecule has 2 aromatic rings. The van der Waals surface area contributed by atoms with Crippen LogP contribution < -0.4 is 5.32 Å². The number of aromatic nitrogens is 2. The fraction of sp³-hybridized carbons (Fsp3) is 0.412. The number of nitrogens with one attached hydrogen (secondary N) is 1. The largest absolute Gasteiger partial charge is 0.386 e. The van der Waals surface area contributed by atoms with Crippen LogP contribution >= 0.6 is 0 Å². The Hall–Kier alpha value is -2.28. The van der Waals surface area contributed by atoms with Crippen molar-refractivity contribution < 1.29 is 18.7 Å². The number of carbonyl (C=O) groups excluding carboxylic acids is 1. The lowest BCUT2D eigenvalue weighted by Crippen LogP contribution is -2.29. The fourth-order valence-corrected chi connectivity index (χ4v) is 2.65. The molecule has 0 saturated heterocycles. The van der Waals surface area contributed by atoms with Gasteiger partial charge in [-0.25, -0.2) is 8.78 Å². The quantitative estimate of drug-likeness (QED) is 0.848. The minimum absolute atomic E-state index is 0.208. The number of amides is 1. The molecule has 130 valence electrons. The third kappa shape index (κ3) is 3.97. The monoisotopic (exact) mass is 337 g/mol. The highest BCUT2D eigenvalue weighted by atomic mass is 19.1. The van der Waals surface area contributed by atoms with Crippen molar-refractivity contribution in [3.05, 3.63) is 52.3 Å². The molecule has 1 aromatic heterocycles. The molecule has 0 fully saturated rings. The number of rotatable bonds is 6. The van der Waals surface area contributed by atoms with E-state index < -0.39 is 23.3 Å². The Labute approximate surface area is 139 Å². The van der Waals surface area contributed by atoms with Crippen LogP contribution in [-0.4, -0.2) is 27.3 Å². The number of benzene rings is 1. The molecule has 0 saturated carbocycles. The van der Waals surface area contributed by atoms with Crippen LogP contribution in [0.3, 0.4) is 0 Å². The lowest BCUT2D eigenvalue weighted by Gasteiger charge is -2.14. The molecule has 1 atom stereocenters. The summed E-state index contributed by atoms with van der Waals surface area (Å²) in [5.74, 6) is -1.97. The zero-order valence-corrected chi connectivity index (χ0v) is 13.9. The van der Waals surface area contributed by atoms with E-state index in [0.29, 0.717) is 6.42 Å². The average molecular weight is 337 g/mol. The molecule has 0 aliphatic rings. The first-order valence-corrected chi connectivity index (χ1v) is 7.69. The van der Waals surface area contributed by atoms with Crippen molar-refractivity contribution >= 4 is 5.91 Å². The van der Waals surface area contributed by atoms with E-state index in [9.17, 15) is 18.7 Å². The molecular weight excluding hydrogens is 316 g/mol. The van der Waals surface area contributed by atoms with E-state index in [-0.39, 0.29) is 18.9 Å². The van der Waals surface area contributed by atoms with Crippen molar-refractivity contribution in [1.29, 1.82) is 0 Å². The van der Waals surface area contributed by atoms with Gasteiger partial charge in [-0.2, -0.15) is 5.10 Å². The molecule has 5 nitrogen and oxygen atoms in total. The Morgan fingerprint density at radius 1 is 1.33 bits per heavy atom. The number of aryl methyl sites for hydroxylation is 2. The third-order valence-corrected chi connectivity index (χ3v) is 4.09. The molecule has 24 heavy (non-hydrogen) atoms. The molecule has 0 aliphatic carbocycles. The SMILES string of the molecule is Cc1nn(C)c(C)c1CCC(=O)NCC(O)c1c(F)cccc1F. The molecule has 1 amide bonds. The molecule has 0 bridgehead atoms. The van der Waals surface area contributed by atoms with E-state index in [0.717, 1.165) is 29.1 Å². The van der Waals surface area contributed by atoms with Crippen molar-refractivity contribution in [3.63, 3.8) is 0 Å². The minimum atomic E-state index is -1.43. The molecule has 0 spiro atoms. The van der Waals surface area contributed by atoms with Crippen LogP contribution in [0.1, 0.15) is 35.0 Å². The Morgan fingerprint density at radius 3 is 2.50 bits per heavy atom. The van der Waals surface area contributed by atoms with Gasteiger partial charge in [-0.05, 0) is 38.0 Å². The zero-order chi connectivity index (χ0) is 17.9. The lowest BCUT2D eigenvalue weighted by atomic mass is 10.1. The zero-order valence-electron chi connectivity index (χ0n) is 13.9. The van der Waals surface area contributed by atoms with Crippen LogP contribution in [0.25, 0.3) is 0 Å². The van der Waals surface area contributed by atoms with Crippen molar-refractivity contribution in [1.82, 2.24) is 15.1 Å². The maximum Gasteiger partial charge on any atom is 0.220 e. The van der Waals surface area contributed by atoms with Gasteiger partial charge in [0.25, 0.3) is 0 Å². The number of nitrogens with zero attached hydrogens (tertiary/aromatic N) is 2.